The molecule has 0 saturated carbocycles. The number of aromatic nitrogens is 3. The molecular formula is C14H11N3NaO2P. The molecule has 1 aromatic carbocycles. The van der Waals surface area contributed by atoms with E-state index in [4.69, 9.17) is 0 Å². The smallest absolute Gasteiger partial charge is 0.790 e. The van der Waals surface area contributed by atoms with Crippen LogP contribution in [0.25, 0.3) is 5.82 Å². The summed E-state index contributed by atoms with van der Waals surface area (Å²) >= 11 is 0. The molecule has 3 aromatic rings. The van der Waals surface area contributed by atoms with Gasteiger partial charge in [0.1, 0.15) is 13.2 Å². The number of benzene rings is 1. The van der Waals surface area contributed by atoms with Gasteiger partial charge in [-0.05, 0) is 12.1 Å². The zero-order chi connectivity index (χ0) is 14.0. The van der Waals surface area contributed by atoms with Crippen LogP contribution >= 0.6 is 7.37 Å². The minimum Gasteiger partial charge on any atom is -0.790 e. The number of nitrogens with zero attached hydrogens (tertiary/aromatic N) is 3. The molecule has 0 spiro atoms. The minimum atomic E-state index is -3.99. The van der Waals surface area contributed by atoms with Crippen LogP contribution in [0, 0.1) is 0 Å². The number of pyridine rings is 1. The molecular weight excluding hydrogens is 296 g/mol. The summed E-state index contributed by atoms with van der Waals surface area (Å²) in [7, 11) is -3.99. The van der Waals surface area contributed by atoms with Gasteiger partial charge in [-0.3, -0.25) is 4.57 Å². The maximum Gasteiger partial charge on any atom is 1.00 e. The average Bonchev–Trinajstić information content (AvgIpc) is 2.99. The molecule has 2 heterocycles. The van der Waals surface area contributed by atoms with E-state index in [2.05, 4.69) is 9.97 Å². The topological polar surface area (TPSA) is 70.8 Å². The van der Waals surface area contributed by atoms with Crippen LogP contribution in [0.1, 0.15) is 0 Å². The predicted octanol–water partition coefficient (Wildman–Crippen LogP) is -2.14. The first-order chi connectivity index (χ1) is 9.69. The van der Waals surface area contributed by atoms with E-state index in [9.17, 15) is 9.46 Å². The first-order valence-corrected chi connectivity index (χ1v) is 7.64. The summed E-state index contributed by atoms with van der Waals surface area (Å²) in [5, 5.41) is 0.239. The maximum absolute atomic E-state index is 12.6. The molecule has 0 aliphatic heterocycles. The van der Waals surface area contributed by atoms with Crippen LogP contribution < -0.4 is 45.3 Å². The van der Waals surface area contributed by atoms with Crippen molar-refractivity contribution < 1.29 is 39.0 Å². The van der Waals surface area contributed by atoms with Crippen LogP contribution in [0.2, 0.25) is 0 Å². The van der Waals surface area contributed by atoms with Crippen molar-refractivity contribution in [2.24, 2.45) is 0 Å². The van der Waals surface area contributed by atoms with Gasteiger partial charge in [0.15, 0.2) is 5.57 Å². The second-order valence-electron chi connectivity index (χ2n) is 4.17. The Hall–Kier alpha value is -1.23. The third-order valence-electron chi connectivity index (χ3n) is 2.88. The first kappa shape index (κ1) is 16.1. The van der Waals surface area contributed by atoms with Gasteiger partial charge in [0.2, 0.25) is 0 Å². The Kier molecular flexibility index (Phi) is 5.14. The summed E-state index contributed by atoms with van der Waals surface area (Å²) < 4.78 is 14.1. The van der Waals surface area contributed by atoms with Crippen LogP contribution in [-0.2, 0) is 4.57 Å². The van der Waals surface area contributed by atoms with Crippen molar-refractivity contribution in [1.29, 1.82) is 0 Å². The van der Waals surface area contributed by atoms with Crippen LogP contribution in [0.4, 0.5) is 0 Å². The standard InChI is InChI=1S/C14H12N3O2P.Na/c18-20(19,12-6-2-1-3-7-12)14-16-10-11-17(14)13-8-4-5-9-15-13;/h1-11H,(H,18,19);/q;+1/p-1. The second kappa shape index (κ2) is 6.69. The zero-order valence-electron chi connectivity index (χ0n) is 11.5. The van der Waals surface area contributed by atoms with Gasteiger partial charge < -0.3 is 9.46 Å². The van der Waals surface area contributed by atoms with Crippen LogP contribution in [0.15, 0.2) is 67.1 Å². The molecule has 0 amide bonds. The fourth-order valence-electron chi connectivity index (χ4n) is 1.93. The normalized spacial score (nSPS) is 13.2. The van der Waals surface area contributed by atoms with Crippen molar-refractivity contribution in [2.75, 3.05) is 0 Å². The van der Waals surface area contributed by atoms with Crippen LogP contribution in [0.5, 0.6) is 0 Å². The van der Waals surface area contributed by atoms with Gasteiger partial charge in [-0.25, -0.2) is 9.97 Å². The summed E-state index contributed by atoms with van der Waals surface area (Å²) in [6, 6.07) is 13.6. The van der Waals surface area contributed by atoms with Gasteiger partial charge in [-0.15, -0.1) is 0 Å². The van der Waals surface area contributed by atoms with E-state index in [-0.39, 0.29) is 40.4 Å². The van der Waals surface area contributed by atoms with Crippen molar-refractivity contribution >= 4 is 18.2 Å². The molecule has 0 bridgehead atoms. The Morgan fingerprint density at radius 3 is 2.33 bits per heavy atom. The van der Waals surface area contributed by atoms with Crippen LogP contribution in [-0.4, -0.2) is 14.5 Å². The summed E-state index contributed by atoms with van der Waals surface area (Å²) in [6.45, 7) is 0. The summed E-state index contributed by atoms with van der Waals surface area (Å²) in [6.07, 6.45) is 4.65. The van der Waals surface area contributed by atoms with E-state index in [1.165, 1.54) is 10.8 Å². The van der Waals surface area contributed by atoms with E-state index in [0.717, 1.165) is 0 Å². The van der Waals surface area contributed by atoms with E-state index < -0.39 is 7.37 Å². The third kappa shape index (κ3) is 3.18. The Balaban J connectivity index is 0.00000161. The minimum absolute atomic E-state index is 0. The molecule has 2 aromatic heterocycles. The van der Waals surface area contributed by atoms with Gasteiger partial charge in [0.25, 0.3) is 0 Å². The molecule has 1 unspecified atom stereocenters. The van der Waals surface area contributed by atoms with E-state index in [1.807, 2.05) is 0 Å². The molecule has 0 saturated heterocycles. The molecule has 0 fully saturated rings. The number of hydrogen-bond acceptors (Lipinski definition) is 4. The van der Waals surface area contributed by atoms with E-state index in [1.54, 1.807) is 60.9 Å². The summed E-state index contributed by atoms with van der Waals surface area (Å²) in [5.41, 5.74) is -0.0117. The molecule has 7 heteroatoms. The number of hydrogen-bond donors (Lipinski definition) is 0. The molecule has 1 atom stereocenters. The summed E-state index contributed by atoms with van der Waals surface area (Å²) in [4.78, 5) is 20.7. The molecule has 21 heavy (non-hydrogen) atoms. The van der Waals surface area contributed by atoms with Gasteiger partial charge in [-0.2, -0.15) is 0 Å². The van der Waals surface area contributed by atoms with Crippen LogP contribution in [0.3, 0.4) is 0 Å². The fraction of sp³-hybridized carbons (Fsp3) is 0. The number of rotatable bonds is 3. The van der Waals surface area contributed by atoms with Gasteiger partial charge >= 0.3 is 29.6 Å². The second-order valence-corrected chi connectivity index (χ2v) is 6.19. The SMILES string of the molecule is O=P([O-])(c1ccccc1)c1nccn1-c1ccccn1.[Na+]. The maximum atomic E-state index is 12.6. The molecule has 5 nitrogen and oxygen atoms in total. The average molecular weight is 307 g/mol. The van der Waals surface area contributed by atoms with Crippen molar-refractivity contribution in [2.45, 2.75) is 0 Å². The first-order valence-electron chi connectivity index (χ1n) is 6.01. The van der Waals surface area contributed by atoms with Gasteiger partial charge in [-0.1, -0.05) is 36.4 Å². The van der Waals surface area contributed by atoms with Crippen molar-refractivity contribution in [3.8, 4) is 5.82 Å². The van der Waals surface area contributed by atoms with E-state index in [0.29, 0.717) is 5.82 Å². The quantitative estimate of drug-likeness (QED) is 0.409. The monoisotopic (exact) mass is 307 g/mol. The van der Waals surface area contributed by atoms with Crippen molar-refractivity contribution in [1.82, 2.24) is 14.5 Å². The third-order valence-corrected chi connectivity index (χ3v) is 4.71. The van der Waals surface area contributed by atoms with E-state index >= 15 is 0 Å². The molecule has 0 N–H and O–H groups in total. The molecule has 3 rings (SSSR count). The zero-order valence-corrected chi connectivity index (χ0v) is 14.4. The Morgan fingerprint density at radius 1 is 0.952 bits per heavy atom. The largest absolute Gasteiger partial charge is 1.00 e. The van der Waals surface area contributed by atoms with Crippen molar-refractivity contribution in [3.05, 3.63) is 67.1 Å². The van der Waals surface area contributed by atoms with Gasteiger partial charge in [0.05, 0.1) is 0 Å². The Labute approximate surface area is 144 Å². The fourth-order valence-corrected chi connectivity index (χ4v) is 3.40. The predicted molar refractivity (Wildman–Crippen MR) is 74.7 cm³/mol. The number of imidazole rings is 1. The van der Waals surface area contributed by atoms with Gasteiger partial charge in [0, 0.05) is 23.9 Å². The molecule has 0 aliphatic rings. The molecule has 100 valence electrons. The Morgan fingerprint density at radius 2 is 1.67 bits per heavy atom. The summed E-state index contributed by atoms with van der Waals surface area (Å²) in [5.74, 6) is 0.520. The van der Waals surface area contributed by atoms with Crippen molar-refractivity contribution in [3.63, 3.8) is 0 Å². The Bertz CT molecular complexity index is 762. The molecule has 0 aliphatic carbocycles. The molecule has 0 radical (unpaired) electrons.